The van der Waals surface area contributed by atoms with Crippen molar-refractivity contribution in [2.75, 3.05) is 19.6 Å². The number of hydrogen-bond acceptors (Lipinski definition) is 5. The number of nitrogens with zero attached hydrogens (tertiary/aromatic N) is 2. The maximum absolute atomic E-state index is 9.10. The van der Waals surface area contributed by atoms with E-state index in [9.17, 15) is 0 Å². The number of hydrogen-bond donors (Lipinski definition) is 2. The van der Waals surface area contributed by atoms with Crippen molar-refractivity contribution in [3.8, 4) is 0 Å². The number of carboxylic acids is 2. The van der Waals surface area contributed by atoms with Crippen molar-refractivity contribution in [3.63, 3.8) is 0 Å². The van der Waals surface area contributed by atoms with Crippen LogP contribution in [0.1, 0.15) is 13.3 Å². The monoisotopic (exact) mass is 256 g/mol. The van der Waals surface area contributed by atoms with E-state index in [0.29, 0.717) is 5.92 Å². The summed E-state index contributed by atoms with van der Waals surface area (Å²) in [6.07, 6.45) is 4.73. The van der Waals surface area contributed by atoms with Crippen LogP contribution in [0, 0.1) is 5.92 Å². The number of piperidine rings is 1. The normalized spacial score (nSPS) is 27.1. The van der Waals surface area contributed by atoms with E-state index in [0.717, 1.165) is 6.54 Å². The molecular weight excluding hydrogens is 240 g/mol. The number of carboxylic acid groups (broad SMARTS) is 2. The quantitative estimate of drug-likeness (QED) is 0.421. The largest absolute Gasteiger partial charge is 0.473 e. The highest BCUT2D eigenvalue weighted by atomic mass is 16.6. The molecule has 2 fully saturated rings. The molecule has 2 heterocycles. The average Bonchev–Trinajstić information content (AvgIpc) is 2.92. The molecule has 7 heteroatoms. The molecule has 0 saturated carbocycles. The fourth-order valence-corrected chi connectivity index (χ4v) is 1.87. The number of fused-ring (bicyclic) bond motifs is 2. The molecule has 2 saturated heterocycles. The minimum atomic E-state index is -1.82. The van der Waals surface area contributed by atoms with Gasteiger partial charge in [0.15, 0.2) is 0 Å². The molecule has 0 spiro atoms. The minimum absolute atomic E-state index is 0.676. The second-order valence-electron chi connectivity index (χ2n) is 3.99. The predicted octanol–water partition coefficient (Wildman–Crippen LogP) is 0.384. The van der Waals surface area contributed by atoms with E-state index in [-0.39, 0.29) is 0 Å². The van der Waals surface area contributed by atoms with Crippen molar-refractivity contribution >= 4 is 17.7 Å². The molecule has 7 nitrogen and oxygen atoms in total. The van der Waals surface area contributed by atoms with Crippen molar-refractivity contribution in [2.45, 2.75) is 13.3 Å². The highest BCUT2D eigenvalue weighted by molar-refractivity contribution is 6.27. The van der Waals surface area contributed by atoms with Gasteiger partial charge in [-0.05, 0) is 26.0 Å². The first-order valence-corrected chi connectivity index (χ1v) is 5.57. The maximum Gasteiger partial charge on any atom is 0.414 e. The number of rotatable bonds is 2. The summed E-state index contributed by atoms with van der Waals surface area (Å²) in [5.41, 5.74) is 1.22. The Balaban J connectivity index is 0.000000232. The van der Waals surface area contributed by atoms with Gasteiger partial charge in [0.2, 0.25) is 0 Å². The summed E-state index contributed by atoms with van der Waals surface area (Å²) >= 11 is 0. The third kappa shape index (κ3) is 4.17. The second kappa shape index (κ2) is 6.75. The zero-order valence-electron chi connectivity index (χ0n) is 10.1. The van der Waals surface area contributed by atoms with Crippen LogP contribution in [-0.4, -0.2) is 52.4 Å². The Hall–Kier alpha value is -1.89. The lowest BCUT2D eigenvalue weighted by molar-refractivity contribution is -0.159. The van der Waals surface area contributed by atoms with Crippen LogP contribution in [0.15, 0.2) is 17.5 Å². The molecule has 0 aliphatic carbocycles. The van der Waals surface area contributed by atoms with Crippen molar-refractivity contribution in [2.24, 2.45) is 11.1 Å². The van der Waals surface area contributed by atoms with E-state index in [1.165, 1.54) is 25.2 Å². The smallest absolute Gasteiger partial charge is 0.414 e. The van der Waals surface area contributed by atoms with Gasteiger partial charge in [-0.3, -0.25) is 4.90 Å². The molecular formula is C11H16N2O5. The first kappa shape index (κ1) is 14.2. The van der Waals surface area contributed by atoms with E-state index < -0.39 is 11.9 Å². The molecule has 0 amide bonds. The molecule has 2 atom stereocenters. The number of carbonyl (C=O) groups is 2. The number of oxime groups is 1. The number of aliphatic carboxylic acids is 2. The fraction of sp³-hybridized carbons (Fsp3) is 0.545. The van der Waals surface area contributed by atoms with Gasteiger partial charge >= 0.3 is 11.9 Å². The van der Waals surface area contributed by atoms with E-state index in [4.69, 9.17) is 24.6 Å². The van der Waals surface area contributed by atoms with Crippen molar-refractivity contribution in [1.82, 2.24) is 4.90 Å². The van der Waals surface area contributed by atoms with Crippen LogP contribution in [0.4, 0.5) is 0 Å². The van der Waals surface area contributed by atoms with Gasteiger partial charge in [0.1, 0.15) is 6.26 Å². The van der Waals surface area contributed by atoms with Gasteiger partial charge in [-0.25, -0.2) is 9.59 Å². The van der Waals surface area contributed by atoms with Gasteiger partial charge in [-0.2, -0.15) is 0 Å². The fourth-order valence-electron chi connectivity index (χ4n) is 1.87. The van der Waals surface area contributed by atoms with Crippen LogP contribution >= 0.6 is 0 Å². The lowest BCUT2D eigenvalue weighted by atomic mass is 10.0. The summed E-state index contributed by atoms with van der Waals surface area (Å²) in [4.78, 5) is 25.6. The van der Waals surface area contributed by atoms with Crippen LogP contribution < -0.4 is 0 Å². The standard InChI is InChI=1S/C9H14N2O.C2H2O4/c1-2-5-12-10-9-7-11-4-3-8(9)6-11;3-1(4)2(5)6/h2,5,8H,3-4,6-7H2,1H3;(H,3,4)(H,5,6)/b5-2-,10-9-;. The Bertz CT molecular complexity index is 366. The van der Waals surface area contributed by atoms with Crippen molar-refractivity contribution in [1.29, 1.82) is 0 Å². The van der Waals surface area contributed by atoms with Gasteiger partial charge in [-0.15, -0.1) is 0 Å². The molecule has 2 bridgehead atoms. The second-order valence-corrected chi connectivity index (χ2v) is 3.99. The zero-order chi connectivity index (χ0) is 13.5. The van der Waals surface area contributed by atoms with Gasteiger partial charge in [0.05, 0.1) is 5.71 Å². The third-order valence-electron chi connectivity index (χ3n) is 2.68. The summed E-state index contributed by atoms with van der Waals surface area (Å²) in [7, 11) is 0. The summed E-state index contributed by atoms with van der Waals surface area (Å²) < 4.78 is 0. The molecule has 18 heavy (non-hydrogen) atoms. The Morgan fingerprint density at radius 2 is 2.11 bits per heavy atom. The van der Waals surface area contributed by atoms with E-state index in [1.54, 1.807) is 6.26 Å². The van der Waals surface area contributed by atoms with Crippen LogP contribution in [0.25, 0.3) is 0 Å². The lowest BCUT2D eigenvalue weighted by Gasteiger charge is -2.11. The van der Waals surface area contributed by atoms with Gasteiger partial charge < -0.3 is 15.1 Å². The summed E-state index contributed by atoms with van der Waals surface area (Å²) in [5.74, 6) is -2.97. The SMILES string of the molecule is C/C=C\O/N=C1/CN2CCC1C2.O=C(O)C(=O)O. The Morgan fingerprint density at radius 1 is 1.44 bits per heavy atom. The Kier molecular flexibility index (Phi) is 5.31. The van der Waals surface area contributed by atoms with E-state index >= 15 is 0 Å². The van der Waals surface area contributed by atoms with Gasteiger partial charge in [0.25, 0.3) is 0 Å². The van der Waals surface area contributed by atoms with Crippen LogP contribution in [-0.2, 0) is 14.4 Å². The molecule has 100 valence electrons. The topological polar surface area (TPSA) is 99.4 Å². The molecule has 0 aromatic rings. The van der Waals surface area contributed by atoms with Crippen molar-refractivity contribution in [3.05, 3.63) is 12.3 Å². The molecule has 0 aromatic heterocycles. The lowest BCUT2D eigenvalue weighted by Crippen LogP contribution is -2.23. The van der Waals surface area contributed by atoms with Crippen LogP contribution in [0.3, 0.4) is 0 Å². The van der Waals surface area contributed by atoms with E-state index in [1.807, 2.05) is 13.0 Å². The molecule has 2 aliphatic heterocycles. The molecule has 0 aromatic carbocycles. The minimum Gasteiger partial charge on any atom is -0.473 e. The third-order valence-corrected chi connectivity index (χ3v) is 2.68. The van der Waals surface area contributed by atoms with Crippen molar-refractivity contribution < 1.29 is 24.6 Å². The molecule has 2 unspecified atom stereocenters. The Labute approximate surface area is 104 Å². The van der Waals surface area contributed by atoms with Crippen LogP contribution in [0.5, 0.6) is 0 Å². The summed E-state index contributed by atoms with van der Waals surface area (Å²) in [5, 5.41) is 18.9. The zero-order valence-corrected chi connectivity index (χ0v) is 10.1. The highest BCUT2D eigenvalue weighted by Crippen LogP contribution is 2.25. The van der Waals surface area contributed by atoms with Crippen LogP contribution in [0.2, 0.25) is 0 Å². The predicted molar refractivity (Wildman–Crippen MR) is 63.2 cm³/mol. The number of allylic oxidation sites excluding steroid dienone is 1. The molecule has 2 aliphatic rings. The van der Waals surface area contributed by atoms with E-state index in [2.05, 4.69) is 10.1 Å². The average molecular weight is 256 g/mol. The summed E-state index contributed by atoms with van der Waals surface area (Å²) in [6.45, 7) is 5.37. The molecule has 2 N–H and O–H groups in total. The molecule has 2 rings (SSSR count). The van der Waals surface area contributed by atoms with Gasteiger partial charge in [-0.1, -0.05) is 5.16 Å². The Morgan fingerprint density at radius 3 is 2.50 bits per heavy atom. The highest BCUT2D eigenvalue weighted by Gasteiger charge is 2.35. The summed E-state index contributed by atoms with van der Waals surface area (Å²) in [6, 6.07) is 0. The first-order valence-electron chi connectivity index (χ1n) is 5.57. The first-order chi connectivity index (χ1) is 8.54. The van der Waals surface area contributed by atoms with Gasteiger partial charge in [0, 0.05) is 19.0 Å². The molecule has 0 radical (unpaired) electrons. The maximum atomic E-state index is 9.10.